The number of amides is 2. The van der Waals surface area contributed by atoms with Gasteiger partial charge in [0.25, 0.3) is 5.91 Å². The predicted octanol–water partition coefficient (Wildman–Crippen LogP) is 2.86. The highest BCUT2D eigenvalue weighted by molar-refractivity contribution is 6.20. The van der Waals surface area contributed by atoms with Gasteiger partial charge in [-0.05, 0) is 66.0 Å². The molecule has 5 rings (SSSR count). The molecule has 2 aliphatic carbocycles. The standard InChI is InChI=1S/C32H52FN5O5/c1-31(2,3)43-30(41)35-19-12-13-37(15-19)26-22(33)14-20-25-28(26)42-24-11-9-8-10-23(24)38(25)16-21(27(20)39)29(40)34-17-32(4,5)18-36(6)7/h16,19-20,22-26,28H,8-15,17-18H2,1-7H3,(H,34,40)(H,35,41). The molecule has 3 heterocycles. The molecule has 0 radical (unpaired) electrons. The zero-order valence-electron chi connectivity index (χ0n) is 27.0. The first-order valence-electron chi connectivity index (χ1n) is 16.1. The smallest absolute Gasteiger partial charge is 0.407 e. The first kappa shape index (κ1) is 32.2. The molecule has 242 valence electrons. The van der Waals surface area contributed by atoms with Gasteiger partial charge < -0.3 is 29.9 Å². The summed E-state index contributed by atoms with van der Waals surface area (Å²) >= 11 is 0. The number of hydrogen-bond acceptors (Lipinski definition) is 8. The number of fused-ring (bicyclic) bond motifs is 2. The maximum absolute atomic E-state index is 16.3. The number of hydrogen-bond donors (Lipinski definition) is 2. The normalized spacial score (nSPS) is 34.8. The number of Topliss-reactive ketones (excluding diaryl/α,β-unsaturated/α-hetero) is 1. The van der Waals surface area contributed by atoms with Crippen molar-refractivity contribution in [3.8, 4) is 0 Å². The van der Waals surface area contributed by atoms with Crippen molar-refractivity contribution in [1.82, 2.24) is 25.3 Å². The molecule has 0 aromatic carbocycles. The van der Waals surface area contributed by atoms with Gasteiger partial charge >= 0.3 is 6.09 Å². The van der Waals surface area contributed by atoms with Gasteiger partial charge in [0.15, 0.2) is 5.78 Å². The lowest BCUT2D eigenvalue weighted by atomic mass is 9.69. The number of carbonyl (C=O) groups excluding carboxylic acids is 3. The zero-order chi connectivity index (χ0) is 31.3. The average Bonchev–Trinajstić information content (AvgIpc) is 3.34. The molecule has 2 amide bonds. The molecule has 4 fully saturated rings. The summed E-state index contributed by atoms with van der Waals surface area (Å²) in [6.07, 6.45) is 4.09. The van der Waals surface area contributed by atoms with Gasteiger partial charge in [0.2, 0.25) is 0 Å². The van der Waals surface area contributed by atoms with Gasteiger partial charge in [-0.3, -0.25) is 14.5 Å². The van der Waals surface area contributed by atoms with Crippen molar-refractivity contribution in [3.05, 3.63) is 11.8 Å². The molecular weight excluding hydrogens is 553 g/mol. The second kappa shape index (κ2) is 12.3. The van der Waals surface area contributed by atoms with Crippen molar-refractivity contribution in [2.24, 2.45) is 11.3 Å². The van der Waals surface area contributed by atoms with E-state index in [0.717, 1.165) is 32.2 Å². The number of halogens is 1. The summed E-state index contributed by atoms with van der Waals surface area (Å²) in [6.45, 7) is 12.0. The SMILES string of the molecule is CN(C)CC(C)(C)CNC(=O)C1=CN2C3CCCCC3OC3C(N4CCC(NC(=O)OC(C)(C)C)C4)C(F)CC(C1=O)C32. The van der Waals surface area contributed by atoms with E-state index in [9.17, 15) is 14.4 Å². The average molecular weight is 606 g/mol. The highest BCUT2D eigenvalue weighted by Gasteiger charge is 2.60. The lowest BCUT2D eigenvalue weighted by Gasteiger charge is -2.60. The molecule has 2 N–H and O–H groups in total. The van der Waals surface area contributed by atoms with Crippen molar-refractivity contribution >= 4 is 17.8 Å². The van der Waals surface area contributed by atoms with Crippen molar-refractivity contribution in [2.75, 3.05) is 40.3 Å². The molecule has 5 aliphatic rings. The van der Waals surface area contributed by atoms with Crippen molar-refractivity contribution < 1.29 is 28.2 Å². The Kier molecular flexibility index (Phi) is 9.18. The van der Waals surface area contributed by atoms with Crippen LogP contribution in [0.5, 0.6) is 0 Å². The fourth-order valence-corrected chi connectivity index (χ4v) is 8.14. The maximum atomic E-state index is 16.3. The van der Waals surface area contributed by atoms with E-state index in [1.807, 2.05) is 34.9 Å². The van der Waals surface area contributed by atoms with Gasteiger partial charge in [0, 0.05) is 44.3 Å². The minimum Gasteiger partial charge on any atom is -0.444 e. The van der Waals surface area contributed by atoms with Crippen LogP contribution in [0.2, 0.25) is 0 Å². The summed E-state index contributed by atoms with van der Waals surface area (Å²) in [5.41, 5.74) is -0.632. The van der Waals surface area contributed by atoms with Gasteiger partial charge in [-0.1, -0.05) is 26.7 Å². The Hall–Kier alpha value is -2.24. The summed E-state index contributed by atoms with van der Waals surface area (Å²) in [7, 11) is 3.99. The Balaban J connectivity index is 1.36. The Labute approximate surface area is 256 Å². The number of rotatable bonds is 7. The molecule has 0 aromatic rings. The molecule has 43 heavy (non-hydrogen) atoms. The van der Waals surface area contributed by atoms with E-state index >= 15 is 4.39 Å². The Bertz CT molecular complexity index is 1110. The number of nitrogens with zero attached hydrogens (tertiary/aromatic N) is 3. The number of alkyl halides is 1. The van der Waals surface area contributed by atoms with Crippen LogP contribution in [0.15, 0.2) is 11.8 Å². The molecule has 2 saturated carbocycles. The quantitative estimate of drug-likeness (QED) is 0.428. The van der Waals surface area contributed by atoms with Gasteiger partial charge in [0.1, 0.15) is 11.8 Å². The molecule has 0 bridgehead atoms. The summed E-state index contributed by atoms with van der Waals surface area (Å²) < 4.78 is 28.5. The fraction of sp³-hybridized carbons (Fsp3) is 0.844. The maximum Gasteiger partial charge on any atom is 0.407 e. The van der Waals surface area contributed by atoms with E-state index in [2.05, 4.69) is 39.2 Å². The van der Waals surface area contributed by atoms with Crippen LogP contribution in [-0.2, 0) is 19.1 Å². The first-order chi connectivity index (χ1) is 20.1. The summed E-state index contributed by atoms with van der Waals surface area (Å²) in [6, 6.07) is -0.929. The van der Waals surface area contributed by atoms with Crippen LogP contribution in [-0.4, -0.2) is 121 Å². The van der Waals surface area contributed by atoms with Crippen molar-refractivity contribution in [3.63, 3.8) is 0 Å². The van der Waals surface area contributed by atoms with Crippen LogP contribution in [0.25, 0.3) is 0 Å². The number of morpholine rings is 1. The number of alkyl carbamates (subject to hydrolysis) is 1. The van der Waals surface area contributed by atoms with E-state index in [4.69, 9.17) is 9.47 Å². The molecule has 10 nitrogen and oxygen atoms in total. The summed E-state index contributed by atoms with van der Waals surface area (Å²) in [4.78, 5) is 46.2. The highest BCUT2D eigenvalue weighted by Crippen LogP contribution is 2.47. The van der Waals surface area contributed by atoms with Gasteiger partial charge in [-0.2, -0.15) is 0 Å². The van der Waals surface area contributed by atoms with E-state index in [1.54, 1.807) is 6.20 Å². The Morgan fingerprint density at radius 1 is 1.12 bits per heavy atom. The van der Waals surface area contributed by atoms with Gasteiger partial charge in [-0.25, -0.2) is 9.18 Å². The molecule has 11 heteroatoms. The number of ketones is 1. The van der Waals surface area contributed by atoms with E-state index in [-0.39, 0.29) is 53.3 Å². The third kappa shape index (κ3) is 7.04. The van der Waals surface area contributed by atoms with Gasteiger partial charge in [0.05, 0.1) is 35.9 Å². The fourth-order valence-electron chi connectivity index (χ4n) is 8.14. The molecule has 8 unspecified atom stereocenters. The van der Waals surface area contributed by atoms with Crippen molar-refractivity contribution in [1.29, 1.82) is 0 Å². The Morgan fingerprint density at radius 3 is 2.53 bits per heavy atom. The molecule has 2 saturated heterocycles. The Morgan fingerprint density at radius 2 is 1.84 bits per heavy atom. The van der Waals surface area contributed by atoms with Crippen LogP contribution in [0.1, 0.15) is 73.1 Å². The molecular formula is C32H52FN5O5. The second-order valence-corrected chi connectivity index (χ2v) is 15.4. The third-order valence-electron chi connectivity index (χ3n) is 9.62. The third-order valence-corrected chi connectivity index (χ3v) is 9.62. The zero-order valence-corrected chi connectivity index (χ0v) is 27.0. The van der Waals surface area contributed by atoms with Crippen LogP contribution in [0, 0.1) is 11.3 Å². The minimum atomic E-state index is -1.29. The number of carbonyl (C=O) groups is 3. The molecule has 3 aliphatic heterocycles. The lowest BCUT2D eigenvalue weighted by molar-refractivity contribution is -0.209. The molecule has 0 aromatic heterocycles. The summed E-state index contributed by atoms with van der Waals surface area (Å²) in [5.74, 6) is -1.30. The largest absolute Gasteiger partial charge is 0.444 e. The lowest BCUT2D eigenvalue weighted by Crippen LogP contribution is -2.73. The van der Waals surface area contributed by atoms with E-state index < -0.39 is 35.9 Å². The predicted molar refractivity (Wildman–Crippen MR) is 161 cm³/mol. The monoisotopic (exact) mass is 605 g/mol. The number of likely N-dealkylation sites (tertiary alicyclic amines) is 1. The minimum absolute atomic E-state index is 0.0549. The van der Waals surface area contributed by atoms with Crippen LogP contribution in [0.4, 0.5) is 9.18 Å². The molecule has 8 atom stereocenters. The van der Waals surface area contributed by atoms with E-state index in [0.29, 0.717) is 26.1 Å². The first-order valence-corrected chi connectivity index (χ1v) is 16.1. The topological polar surface area (TPSA) is 103 Å². The number of ether oxygens (including phenoxy) is 2. The van der Waals surface area contributed by atoms with Gasteiger partial charge in [-0.15, -0.1) is 0 Å². The molecule has 0 spiro atoms. The summed E-state index contributed by atoms with van der Waals surface area (Å²) in [5, 5.41) is 5.96. The van der Waals surface area contributed by atoms with Crippen LogP contribution in [0.3, 0.4) is 0 Å². The van der Waals surface area contributed by atoms with Crippen LogP contribution >= 0.6 is 0 Å². The van der Waals surface area contributed by atoms with E-state index in [1.165, 1.54) is 0 Å². The van der Waals surface area contributed by atoms with Crippen molar-refractivity contribution in [2.45, 2.75) is 121 Å². The second-order valence-electron chi connectivity index (χ2n) is 15.4. The number of nitrogens with one attached hydrogen (secondary N) is 2. The van der Waals surface area contributed by atoms with Crippen LogP contribution < -0.4 is 10.6 Å². The highest BCUT2D eigenvalue weighted by atomic mass is 19.1.